The second kappa shape index (κ2) is 18.2. The maximum Gasteiger partial charge on any atom is 1.00 e. The van der Waals surface area contributed by atoms with Crippen molar-refractivity contribution in [3.05, 3.63) is 45.9 Å². The molecule has 17 nitrogen and oxygen atoms in total. The van der Waals surface area contributed by atoms with Crippen LogP contribution in [0.5, 0.6) is 0 Å². The first-order valence-electron chi connectivity index (χ1n) is 12.8. The SMILES string of the molecule is CC[C@@H]1CC[C@H](n2c(=O)sc3c(=O)[nH]c(C)nc32)O1.Nc1nc2c(sc(=O)n2[C@H]2CC[C@@H](CO)O2)c(=O)[nH]1.O=CO[O-].[H-].[K+].[K+]. The van der Waals surface area contributed by atoms with Gasteiger partial charge in [-0.2, -0.15) is 4.98 Å². The zero-order valence-corrected chi connectivity index (χ0v) is 32.3. The Hall–Kier alpha value is -0.477. The van der Waals surface area contributed by atoms with Gasteiger partial charge in [-0.3, -0.25) is 38.1 Å². The van der Waals surface area contributed by atoms with Crippen molar-refractivity contribution in [3.8, 4) is 0 Å². The Morgan fingerprint density at radius 3 is 1.91 bits per heavy atom. The molecule has 5 N–H and O–H groups in total. The number of ether oxygens (including phenoxy) is 2. The van der Waals surface area contributed by atoms with Gasteiger partial charge in [0.15, 0.2) is 11.3 Å². The number of hydrogen-bond donors (Lipinski definition) is 4. The van der Waals surface area contributed by atoms with Gasteiger partial charge in [0.2, 0.25) is 5.95 Å². The molecule has 0 radical (unpaired) electrons. The number of aliphatic hydroxyl groups is 1. The first-order valence-corrected chi connectivity index (χ1v) is 14.4. The molecule has 4 atom stereocenters. The minimum Gasteiger partial charge on any atom is -1.00 e. The Morgan fingerprint density at radius 1 is 0.977 bits per heavy atom. The summed E-state index contributed by atoms with van der Waals surface area (Å²) in [5, 5.41) is 17.5. The first-order chi connectivity index (χ1) is 20.1. The van der Waals surface area contributed by atoms with E-state index in [-0.39, 0.29) is 167 Å². The third-order valence-electron chi connectivity index (χ3n) is 6.53. The molecule has 0 saturated carbocycles. The summed E-state index contributed by atoms with van der Waals surface area (Å²) in [6.45, 7) is 3.50. The Kier molecular flexibility index (Phi) is 16.4. The van der Waals surface area contributed by atoms with E-state index in [0.29, 0.717) is 29.0 Å². The minimum atomic E-state index is -0.507. The van der Waals surface area contributed by atoms with Gasteiger partial charge < -0.3 is 36.9 Å². The van der Waals surface area contributed by atoms with Gasteiger partial charge in [-0.05, 0) is 39.0 Å². The number of carbonyl (C=O) groups is 1. The van der Waals surface area contributed by atoms with Crippen LogP contribution in [-0.4, -0.2) is 59.5 Å². The molecular formula is C23H29K2N7O10S2. The van der Waals surface area contributed by atoms with Gasteiger partial charge >= 0.3 is 113 Å². The number of thiazole rings is 2. The monoisotopic (exact) mass is 705 g/mol. The van der Waals surface area contributed by atoms with E-state index in [9.17, 15) is 19.2 Å². The number of aromatic amines is 2. The number of nitrogen functional groups attached to an aromatic ring is 1. The molecule has 0 spiro atoms. The third kappa shape index (κ3) is 9.11. The van der Waals surface area contributed by atoms with Crippen molar-refractivity contribution in [2.24, 2.45) is 0 Å². The van der Waals surface area contributed by atoms with Crippen LogP contribution in [0.4, 0.5) is 5.95 Å². The molecule has 21 heteroatoms. The van der Waals surface area contributed by atoms with Crippen molar-refractivity contribution >= 4 is 55.8 Å². The van der Waals surface area contributed by atoms with Crippen molar-refractivity contribution < 1.29 is 134 Å². The number of anilines is 1. The first kappa shape index (κ1) is 39.7. The van der Waals surface area contributed by atoms with E-state index < -0.39 is 11.8 Å². The van der Waals surface area contributed by atoms with E-state index in [1.165, 1.54) is 9.13 Å². The van der Waals surface area contributed by atoms with Crippen LogP contribution in [0.25, 0.3) is 20.7 Å². The molecule has 0 aliphatic carbocycles. The van der Waals surface area contributed by atoms with E-state index in [0.717, 1.165) is 41.9 Å². The van der Waals surface area contributed by atoms with Crippen molar-refractivity contribution in [3.63, 3.8) is 0 Å². The molecule has 2 aliphatic heterocycles. The molecule has 0 amide bonds. The zero-order valence-electron chi connectivity index (χ0n) is 25.4. The number of H-pyrrole nitrogens is 2. The van der Waals surface area contributed by atoms with Crippen molar-refractivity contribution in [1.29, 1.82) is 0 Å². The van der Waals surface area contributed by atoms with Gasteiger partial charge in [0.25, 0.3) is 17.6 Å². The van der Waals surface area contributed by atoms with Crippen LogP contribution in [0.15, 0.2) is 19.2 Å². The number of nitrogens with two attached hydrogens (primary N) is 1. The van der Waals surface area contributed by atoms with Gasteiger partial charge in [-0.15, -0.1) is 0 Å². The summed E-state index contributed by atoms with van der Waals surface area (Å²) in [5.41, 5.74) is 5.49. The fourth-order valence-electron chi connectivity index (χ4n) is 4.68. The summed E-state index contributed by atoms with van der Waals surface area (Å²) in [5.74, 6) is 0.467. The Bertz CT molecular complexity index is 1680. The van der Waals surface area contributed by atoms with Crippen LogP contribution in [0.3, 0.4) is 0 Å². The number of aromatic nitrogens is 6. The summed E-state index contributed by atoms with van der Waals surface area (Å²) in [7, 11) is 0. The summed E-state index contributed by atoms with van der Waals surface area (Å²) in [4.78, 5) is 71.6. The van der Waals surface area contributed by atoms with Crippen LogP contribution in [0, 0.1) is 6.92 Å². The summed E-state index contributed by atoms with van der Waals surface area (Å²) in [6.07, 6.45) is 3.01. The fourth-order valence-corrected chi connectivity index (χ4v) is 6.39. The molecule has 6 heterocycles. The van der Waals surface area contributed by atoms with Gasteiger partial charge in [0.1, 0.15) is 27.7 Å². The van der Waals surface area contributed by atoms with Crippen molar-refractivity contribution in [2.45, 2.75) is 70.6 Å². The van der Waals surface area contributed by atoms with Gasteiger partial charge in [0.05, 0.1) is 18.8 Å². The minimum absolute atomic E-state index is 0. The van der Waals surface area contributed by atoms with E-state index in [1.807, 2.05) is 0 Å². The van der Waals surface area contributed by atoms with Crippen LogP contribution < -0.4 is 135 Å². The number of aryl methyl sites for hydroxylation is 1. The number of fused-ring (bicyclic) bond motifs is 2. The molecule has 2 fully saturated rings. The molecule has 44 heavy (non-hydrogen) atoms. The number of hydrogen-bond acceptors (Lipinski definition) is 15. The van der Waals surface area contributed by atoms with Crippen LogP contribution in [-0.2, 0) is 19.2 Å². The van der Waals surface area contributed by atoms with E-state index in [2.05, 4.69) is 31.7 Å². The summed E-state index contributed by atoms with van der Waals surface area (Å²) < 4.78 is 14.9. The predicted molar refractivity (Wildman–Crippen MR) is 150 cm³/mol. The Labute approximate surface area is 342 Å². The second-order valence-corrected chi connectivity index (χ2v) is 11.2. The van der Waals surface area contributed by atoms with Crippen LogP contribution in [0.1, 0.15) is 58.7 Å². The zero-order chi connectivity index (χ0) is 30.6. The van der Waals surface area contributed by atoms with E-state index in [1.54, 1.807) is 6.92 Å². The standard InChI is InChI=1S/C12H15N3O3S.C10H12N4O4S.CH2O3.2K.H/c1-3-7-4-5-8(18-7)15-10-9(19-12(15)17)11(16)14-6(2)13-10;11-9-12-7-6(8(16)13-9)19-10(17)14(7)5-2-1-4(3-15)18-5;2-1-4-3;;;/h7-8H,3-5H2,1-2H3,(H,13,14,16);4-5,15H,1-3H2,(H3,11,12,13,16);1,3H;;;/q;;;2*+1;-1/p-1/t7-,8-;4-,5+;;;;/m10..../s1. The number of rotatable bonds is 5. The van der Waals surface area contributed by atoms with E-state index in [4.69, 9.17) is 30.4 Å². The molecule has 4 aromatic heterocycles. The Balaban J connectivity index is 0.000000380. The molecule has 4 aromatic rings. The van der Waals surface area contributed by atoms with Crippen molar-refractivity contribution in [1.82, 2.24) is 29.1 Å². The largest absolute Gasteiger partial charge is 1.00 e. The normalized spacial score (nSPS) is 20.5. The average Bonchev–Trinajstić information content (AvgIpc) is 3.74. The van der Waals surface area contributed by atoms with Crippen LogP contribution >= 0.6 is 22.7 Å². The fraction of sp³-hybridized carbons (Fsp3) is 0.522. The number of nitrogens with one attached hydrogen (secondary N) is 2. The van der Waals surface area contributed by atoms with E-state index >= 15 is 0 Å². The number of aliphatic hydroxyl groups excluding tert-OH is 1. The quantitative estimate of drug-likeness (QED) is 0.0654. The molecule has 2 saturated heterocycles. The van der Waals surface area contributed by atoms with Gasteiger partial charge in [-0.25, -0.2) is 4.98 Å². The maximum absolute atomic E-state index is 12.1. The molecular weight excluding hydrogens is 677 g/mol. The smallest absolute Gasteiger partial charge is 1.00 e. The molecule has 0 aromatic carbocycles. The molecule has 0 unspecified atom stereocenters. The summed E-state index contributed by atoms with van der Waals surface area (Å²) >= 11 is 1.74. The number of carbonyl (C=O) groups excluding carboxylic acids is 1. The third-order valence-corrected chi connectivity index (χ3v) is 8.41. The maximum atomic E-state index is 12.1. The molecule has 0 bridgehead atoms. The molecule has 230 valence electrons. The average molecular weight is 706 g/mol. The van der Waals surface area contributed by atoms with Crippen LogP contribution in [0.2, 0.25) is 0 Å². The number of nitrogens with zero attached hydrogens (tertiary/aromatic N) is 4. The van der Waals surface area contributed by atoms with Gasteiger partial charge in [0, 0.05) is 0 Å². The molecule has 6 rings (SSSR count). The predicted octanol–water partition coefficient (Wildman–Crippen LogP) is -6.50. The van der Waals surface area contributed by atoms with Crippen molar-refractivity contribution in [2.75, 3.05) is 12.3 Å². The second-order valence-electron chi connectivity index (χ2n) is 9.25. The molecule has 2 aliphatic rings. The summed E-state index contributed by atoms with van der Waals surface area (Å²) in [6, 6.07) is 0. The van der Waals surface area contributed by atoms with Gasteiger partial charge in [-0.1, -0.05) is 29.6 Å². The topological polar surface area (TPSA) is 250 Å². The Morgan fingerprint density at radius 2 is 1.45 bits per heavy atom.